The van der Waals surface area contributed by atoms with Gasteiger partial charge in [0.05, 0.1) is 5.69 Å². The van der Waals surface area contributed by atoms with Crippen molar-refractivity contribution in [3.8, 4) is 0 Å². The van der Waals surface area contributed by atoms with Crippen LogP contribution in [0.1, 0.15) is 9.67 Å². The molecule has 1 amide bonds. The molecule has 0 fully saturated rings. The molecule has 0 aliphatic carbocycles. The molecule has 0 unspecified atom stereocenters. The van der Waals surface area contributed by atoms with Gasteiger partial charge in [0.2, 0.25) is 0 Å². The second kappa shape index (κ2) is 5.79. The molecule has 106 valence electrons. The quantitative estimate of drug-likeness (QED) is 0.588. The molecule has 2 aromatic carbocycles. The minimum absolute atomic E-state index is 0.192. The Kier molecular flexibility index (Phi) is 4.01. The van der Waals surface area contributed by atoms with Crippen molar-refractivity contribution in [1.82, 2.24) is 0 Å². The zero-order chi connectivity index (χ0) is 15.0. The highest BCUT2D eigenvalue weighted by Gasteiger charge is 2.16. The van der Waals surface area contributed by atoms with E-state index >= 15 is 0 Å². The largest absolute Gasteiger partial charge is 0.397 e. The van der Waals surface area contributed by atoms with E-state index in [-0.39, 0.29) is 5.91 Å². The fourth-order valence-electron chi connectivity index (χ4n) is 2.01. The van der Waals surface area contributed by atoms with Gasteiger partial charge in [-0.2, -0.15) is 0 Å². The third-order valence-corrected chi connectivity index (χ3v) is 5.15. The van der Waals surface area contributed by atoms with Crippen molar-refractivity contribution in [2.24, 2.45) is 0 Å². The van der Waals surface area contributed by atoms with Gasteiger partial charge in [0.25, 0.3) is 5.91 Å². The van der Waals surface area contributed by atoms with Crippen LogP contribution >= 0.6 is 43.2 Å². The number of benzene rings is 2. The topological polar surface area (TPSA) is 55.1 Å². The van der Waals surface area contributed by atoms with Gasteiger partial charge in [-0.1, -0.05) is 37.9 Å². The predicted octanol–water partition coefficient (Wildman–Crippen LogP) is 5.26. The molecule has 0 radical (unpaired) electrons. The lowest BCUT2D eigenvalue weighted by molar-refractivity contribution is 0.103. The van der Waals surface area contributed by atoms with E-state index in [0.29, 0.717) is 10.6 Å². The molecule has 1 heterocycles. The summed E-state index contributed by atoms with van der Waals surface area (Å²) in [6.07, 6.45) is 0. The molecule has 0 saturated heterocycles. The number of thiophene rings is 1. The van der Waals surface area contributed by atoms with Gasteiger partial charge in [-0.05, 0) is 36.4 Å². The smallest absolute Gasteiger partial charge is 0.267 e. The summed E-state index contributed by atoms with van der Waals surface area (Å²) >= 11 is 8.19. The van der Waals surface area contributed by atoms with E-state index in [1.54, 1.807) is 0 Å². The molecule has 0 saturated carbocycles. The van der Waals surface area contributed by atoms with Crippen molar-refractivity contribution in [3.05, 3.63) is 56.3 Å². The lowest BCUT2D eigenvalue weighted by Crippen LogP contribution is -2.11. The molecule has 0 spiro atoms. The second-order valence-electron chi connectivity index (χ2n) is 4.45. The van der Waals surface area contributed by atoms with E-state index in [9.17, 15) is 4.79 Å². The van der Waals surface area contributed by atoms with E-state index in [1.165, 1.54) is 11.3 Å². The van der Waals surface area contributed by atoms with Crippen LogP contribution in [0.15, 0.2) is 51.4 Å². The Hall–Kier alpha value is -1.37. The number of nitrogen functional groups attached to an aromatic ring is 1. The lowest BCUT2D eigenvalue weighted by atomic mass is 10.2. The minimum atomic E-state index is -0.192. The molecule has 3 aromatic rings. The number of halogens is 2. The van der Waals surface area contributed by atoms with Gasteiger partial charge in [0, 0.05) is 24.7 Å². The zero-order valence-corrected chi connectivity index (χ0v) is 14.7. The summed E-state index contributed by atoms with van der Waals surface area (Å²) in [5, 5.41) is 3.76. The number of hydrogen-bond donors (Lipinski definition) is 2. The van der Waals surface area contributed by atoms with Crippen LogP contribution in [0.4, 0.5) is 11.4 Å². The van der Waals surface area contributed by atoms with E-state index in [0.717, 1.165) is 24.7 Å². The van der Waals surface area contributed by atoms with Crippen LogP contribution in [0.25, 0.3) is 10.1 Å². The average molecular weight is 426 g/mol. The predicted molar refractivity (Wildman–Crippen MR) is 96.0 cm³/mol. The standard InChI is InChI=1S/C15H10Br2N2OS/c16-8-2-1-3-10(6-8)19-15(20)14-13(18)11-7-9(17)4-5-12(11)21-14/h1-7H,18H2,(H,19,20). The summed E-state index contributed by atoms with van der Waals surface area (Å²) in [4.78, 5) is 12.9. The Morgan fingerprint density at radius 3 is 2.62 bits per heavy atom. The molecule has 0 aliphatic heterocycles. The number of fused-ring (bicyclic) bond motifs is 1. The third-order valence-electron chi connectivity index (χ3n) is 2.98. The zero-order valence-electron chi connectivity index (χ0n) is 10.7. The van der Waals surface area contributed by atoms with Crippen LogP contribution in [0.3, 0.4) is 0 Å². The van der Waals surface area contributed by atoms with E-state index in [2.05, 4.69) is 37.2 Å². The first-order chi connectivity index (χ1) is 10.0. The Labute approximate surface area is 142 Å². The normalized spacial score (nSPS) is 10.8. The average Bonchev–Trinajstić information content (AvgIpc) is 2.76. The maximum absolute atomic E-state index is 12.4. The van der Waals surface area contributed by atoms with E-state index < -0.39 is 0 Å². The van der Waals surface area contributed by atoms with Crippen molar-refractivity contribution in [1.29, 1.82) is 0 Å². The number of rotatable bonds is 2. The minimum Gasteiger partial charge on any atom is -0.397 e. The second-order valence-corrected chi connectivity index (χ2v) is 7.33. The van der Waals surface area contributed by atoms with Gasteiger partial charge in [-0.15, -0.1) is 11.3 Å². The highest BCUT2D eigenvalue weighted by atomic mass is 79.9. The molecule has 6 heteroatoms. The Balaban J connectivity index is 1.96. The van der Waals surface area contributed by atoms with E-state index in [4.69, 9.17) is 5.73 Å². The van der Waals surface area contributed by atoms with Crippen molar-refractivity contribution in [2.45, 2.75) is 0 Å². The number of carbonyl (C=O) groups excluding carboxylic acids is 1. The molecular weight excluding hydrogens is 416 g/mol. The fourth-order valence-corrected chi connectivity index (χ4v) is 3.77. The molecule has 21 heavy (non-hydrogen) atoms. The molecule has 3 N–H and O–H groups in total. The first-order valence-electron chi connectivity index (χ1n) is 6.09. The molecule has 0 aliphatic rings. The number of hydrogen-bond acceptors (Lipinski definition) is 3. The van der Waals surface area contributed by atoms with Crippen molar-refractivity contribution in [2.75, 3.05) is 11.1 Å². The maximum Gasteiger partial charge on any atom is 0.267 e. The van der Waals surface area contributed by atoms with Crippen molar-refractivity contribution >= 4 is 70.6 Å². The Morgan fingerprint density at radius 1 is 1.10 bits per heavy atom. The summed E-state index contributed by atoms with van der Waals surface area (Å²) in [6.45, 7) is 0. The number of nitrogens with two attached hydrogens (primary N) is 1. The maximum atomic E-state index is 12.4. The summed E-state index contributed by atoms with van der Waals surface area (Å²) in [5.74, 6) is -0.192. The summed E-state index contributed by atoms with van der Waals surface area (Å²) in [5.41, 5.74) is 7.36. The summed E-state index contributed by atoms with van der Waals surface area (Å²) in [6, 6.07) is 13.3. The molecule has 1 aromatic heterocycles. The molecule has 0 bridgehead atoms. The van der Waals surface area contributed by atoms with E-state index in [1.807, 2.05) is 42.5 Å². The highest BCUT2D eigenvalue weighted by molar-refractivity contribution is 9.10. The van der Waals surface area contributed by atoms with Gasteiger partial charge in [-0.3, -0.25) is 4.79 Å². The van der Waals surface area contributed by atoms with Crippen LogP contribution in [0.2, 0.25) is 0 Å². The van der Waals surface area contributed by atoms with Crippen molar-refractivity contribution in [3.63, 3.8) is 0 Å². The molecule has 0 atom stereocenters. The van der Waals surface area contributed by atoms with Gasteiger partial charge in [-0.25, -0.2) is 0 Å². The van der Waals surface area contributed by atoms with Crippen LogP contribution in [0.5, 0.6) is 0 Å². The van der Waals surface area contributed by atoms with Gasteiger partial charge < -0.3 is 11.1 Å². The Bertz CT molecular complexity index is 845. The third kappa shape index (κ3) is 2.97. The Morgan fingerprint density at radius 2 is 1.86 bits per heavy atom. The fraction of sp³-hybridized carbons (Fsp3) is 0. The first-order valence-corrected chi connectivity index (χ1v) is 8.49. The number of anilines is 2. The van der Waals surface area contributed by atoms with Gasteiger partial charge in [0.15, 0.2) is 0 Å². The van der Waals surface area contributed by atoms with Crippen LogP contribution in [-0.4, -0.2) is 5.91 Å². The first kappa shape index (κ1) is 14.6. The van der Waals surface area contributed by atoms with Crippen molar-refractivity contribution < 1.29 is 4.79 Å². The van der Waals surface area contributed by atoms with Crippen LogP contribution in [-0.2, 0) is 0 Å². The molecular formula is C15H10Br2N2OS. The molecule has 3 rings (SSSR count). The highest BCUT2D eigenvalue weighted by Crippen LogP contribution is 2.35. The lowest BCUT2D eigenvalue weighted by Gasteiger charge is -2.04. The van der Waals surface area contributed by atoms with Gasteiger partial charge in [0.1, 0.15) is 4.88 Å². The van der Waals surface area contributed by atoms with Crippen LogP contribution in [0, 0.1) is 0 Å². The molecule has 3 nitrogen and oxygen atoms in total. The summed E-state index contributed by atoms with van der Waals surface area (Å²) in [7, 11) is 0. The summed E-state index contributed by atoms with van der Waals surface area (Å²) < 4.78 is 2.85. The number of nitrogens with one attached hydrogen (secondary N) is 1. The van der Waals surface area contributed by atoms with Gasteiger partial charge >= 0.3 is 0 Å². The SMILES string of the molecule is Nc1c(C(=O)Nc2cccc(Br)c2)sc2ccc(Br)cc12. The van der Waals surface area contributed by atoms with Crippen LogP contribution < -0.4 is 11.1 Å². The number of amides is 1. The monoisotopic (exact) mass is 424 g/mol. The number of carbonyl (C=O) groups is 1.